The summed E-state index contributed by atoms with van der Waals surface area (Å²) < 4.78 is 0. The fourth-order valence-corrected chi connectivity index (χ4v) is 2.67. The van der Waals surface area contributed by atoms with Gasteiger partial charge in [-0.15, -0.1) is 0 Å². The van der Waals surface area contributed by atoms with Crippen molar-refractivity contribution in [3.8, 4) is 0 Å². The number of rotatable bonds is 0. The number of aliphatic hydroxyl groups excluding tert-OH is 1. The fourth-order valence-electron chi connectivity index (χ4n) is 2.67. The van der Waals surface area contributed by atoms with Crippen molar-refractivity contribution in [3.63, 3.8) is 0 Å². The second kappa shape index (κ2) is 6.68. The quantitative estimate of drug-likeness (QED) is 0.379. The Balaban J connectivity index is 0.000000291. The standard InChI is InChI=1S/C16H10.CH2O2.CH4O/c1-3-11-7-9-13-5-2-6-14-10-8-12(4-1)15(11)16(13)14;2-1-3;1-2/h1-10H;1H,(H,2,3);2H,1H3. The molecule has 3 heteroatoms. The predicted octanol–water partition coefficient (Wildman–Crippen LogP) is 3.89. The molecule has 21 heavy (non-hydrogen) atoms. The van der Waals surface area contributed by atoms with Crippen molar-refractivity contribution >= 4 is 38.8 Å². The zero-order valence-electron chi connectivity index (χ0n) is 11.7. The van der Waals surface area contributed by atoms with E-state index in [1.807, 2.05) is 0 Å². The van der Waals surface area contributed by atoms with E-state index < -0.39 is 0 Å². The SMILES string of the molecule is CO.O=CO.c1cc2ccc3cccc4ccc(c1)c2c34. The average molecular weight is 280 g/mol. The van der Waals surface area contributed by atoms with E-state index in [1.54, 1.807) is 0 Å². The molecular formula is C18H16O3. The maximum atomic E-state index is 8.36. The molecule has 0 atom stereocenters. The first-order chi connectivity index (χ1) is 10.3. The second-order valence-corrected chi connectivity index (χ2v) is 4.40. The smallest absolute Gasteiger partial charge is 0.290 e. The molecule has 0 unspecified atom stereocenters. The van der Waals surface area contributed by atoms with Crippen molar-refractivity contribution in [2.45, 2.75) is 0 Å². The predicted molar refractivity (Wildman–Crippen MR) is 87.0 cm³/mol. The van der Waals surface area contributed by atoms with Gasteiger partial charge in [0.1, 0.15) is 0 Å². The molecule has 0 spiro atoms. The molecule has 0 fully saturated rings. The number of carbonyl (C=O) groups is 1. The minimum Gasteiger partial charge on any atom is -0.483 e. The van der Waals surface area contributed by atoms with Crippen LogP contribution in [0.25, 0.3) is 32.3 Å². The summed E-state index contributed by atoms with van der Waals surface area (Å²) in [4.78, 5) is 8.36. The largest absolute Gasteiger partial charge is 0.483 e. The summed E-state index contributed by atoms with van der Waals surface area (Å²) in [5.41, 5.74) is 0. The van der Waals surface area contributed by atoms with Crippen molar-refractivity contribution in [1.82, 2.24) is 0 Å². The maximum Gasteiger partial charge on any atom is 0.290 e. The molecule has 0 bridgehead atoms. The van der Waals surface area contributed by atoms with Gasteiger partial charge < -0.3 is 10.2 Å². The normalized spacial score (nSPS) is 9.81. The van der Waals surface area contributed by atoms with Crippen molar-refractivity contribution in [2.75, 3.05) is 7.11 Å². The lowest BCUT2D eigenvalue weighted by Gasteiger charge is -2.09. The molecule has 0 aliphatic heterocycles. The molecule has 2 N–H and O–H groups in total. The molecule has 0 aliphatic carbocycles. The summed E-state index contributed by atoms with van der Waals surface area (Å²) in [6.45, 7) is -0.250. The average Bonchev–Trinajstić information content (AvgIpc) is 2.55. The molecule has 0 saturated heterocycles. The van der Waals surface area contributed by atoms with Crippen LogP contribution in [0.1, 0.15) is 0 Å². The minimum atomic E-state index is -0.250. The van der Waals surface area contributed by atoms with Gasteiger partial charge >= 0.3 is 0 Å². The number of hydrogen-bond acceptors (Lipinski definition) is 2. The summed E-state index contributed by atoms with van der Waals surface area (Å²) in [5, 5.41) is 22.0. The third-order valence-electron chi connectivity index (χ3n) is 3.39. The van der Waals surface area contributed by atoms with Crippen LogP contribution < -0.4 is 0 Å². The lowest BCUT2D eigenvalue weighted by atomic mass is 9.95. The summed E-state index contributed by atoms with van der Waals surface area (Å²) >= 11 is 0. The molecule has 0 aliphatic rings. The van der Waals surface area contributed by atoms with Crippen LogP contribution in [0.3, 0.4) is 0 Å². The highest BCUT2D eigenvalue weighted by Gasteiger charge is 2.05. The van der Waals surface area contributed by atoms with Crippen LogP contribution in [-0.4, -0.2) is 23.8 Å². The Morgan fingerprint density at radius 3 is 1.14 bits per heavy atom. The van der Waals surface area contributed by atoms with Crippen LogP contribution in [0.5, 0.6) is 0 Å². The van der Waals surface area contributed by atoms with Gasteiger partial charge in [0.05, 0.1) is 0 Å². The van der Waals surface area contributed by atoms with Gasteiger partial charge in [-0.05, 0) is 32.3 Å². The van der Waals surface area contributed by atoms with Crippen LogP contribution in [-0.2, 0) is 4.79 Å². The maximum absolute atomic E-state index is 8.36. The fraction of sp³-hybridized carbons (Fsp3) is 0.0556. The number of benzene rings is 4. The van der Waals surface area contributed by atoms with Gasteiger partial charge in [0.25, 0.3) is 6.47 Å². The Kier molecular flexibility index (Phi) is 4.69. The second-order valence-electron chi connectivity index (χ2n) is 4.40. The van der Waals surface area contributed by atoms with Gasteiger partial charge in [-0.1, -0.05) is 60.7 Å². The minimum absolute atomic E-state index is 0.250. The molecular weight excluding hydrogens is 264 g/mol. The van der Waals surface area contributed by atoms with Crippen LogP contribution in [0, 0.1) is 0 Å². The molecule has 0 heterocycles. The van der Waals surface area contributed by atoms with E-state index in [0.29, 0.717) is 0 Å². The molecule has 4 aromatic rings. The van der Waals surface area contributed by atoms with E-state index in [9.17, 15) is 0 Å². The van der Waals surface area contributed by atoms with Gasteiger partial charge in [-0.3, -0.25) is 4.79 Å². The first kappa shape index (κ1) is 14.8. The summed E-state index contributed by atoms with van der Waals surface area (Å²) in [6, 6.07) is 21.9. The Morgan fingerprint density at radius 1 is 0.667 bits per heavy atom. The van der Waals surface area contributed by atoms with Gasteiger partial charge in [-0.25, -0.2) is 0 Å². The highest BCUT2D eigenvalue weighted by molar-refractivity contribution is 6.22. The molecule has 0 aromatic heterocycles. The lowest BCUT2D eigenvalue weighted by molar-refractivity contribution is -0.122. The van der Waals surface area contributed by atoms with Gasteiger partial charge in [0.2, 0.25) is 0 Å². The van der Waals surface area contributed by atoms with Crippen LogP contribution >= 0.6 is 0 Å². The summed E-state index contributed by atoms with van der Waals surface area (Å²) in [5.74, 6) is 0. The van der Waals surface area contributed by atoms with E-state index in [4.69, 9.17) is 15.0 Å². The van der Waals surface area contributed by atoms with E-state index in [-0.39, 0.29) is 6.47 Å². The Bertz CT molecular complexity index is 723. The Labute approximate surface area is 122 Å². The Hall–Kier alpha value is -2.65. The number of carboxylic acid groups (broad SMARTS) is 1. The molecule has 0 saturated carbocycles. The molecule has 3 nitrogen and oxygen atoms in total. The van der Waals surface area contributed by atoms with Crippen molar-refractivity contribution in [1.29, 1.82) is 0 Å². The van der Waals surface area contributed by atoms with Crippen LogP contribution in [0.4, 0.5) is 0 Å². The first-order valence-corrected chi connectivity index (χ1v) is 6.50. The van der Waals surface area contributed by atoms with Crippen molar-refractivity contribution in [2.24, 2.45) is 0 Å². The summed E-state index contributed by atoms with van der Waals surface area (Å²) in [6.07, 6.45) is 0. The van der Waals surface area contributed by atoms with Gasteiger partial charge in [-0.2, -0.15) is 0 Å². The van der Waals surface area contributed by atoms with E-state index in [2.05, 4.69) is 60.7 Å². The van der Waals surface area contributed by atoms with E-state index in [1.165, 1.54) is 32.3 Å². The van der Waals surface area contributed by atoms with Gasteiger partial charge in [0.15, 0.2) is 0 Å². The molecule has 106 valence electrons. The Morgan fingerprint density at radius 2 is 0.905 bits per heavy atom. The zero-order chi connectivity index (χ0) is 15.2. The number of aliphatic hydroxyl groups is 1. The number of hydrogen-bond donors (Lipinski definition) is 2. The van der Waals surface area contributed by atoms with Crippen LogP contribution in [0.15, 0.2) is 60.7 Å². The van der Waals surface area contributed by atoms with Crippen molar-refractivity contribution < 1.29 is 15.0 Å². The van der Waals surface area contributed by atoms with Crippen LogP contribution in [0.2, 0.25) is 0 Å². The zero-order valence-corrected chi connectivity index (χ0v) is 11.7. The highest BCUT2D eigenvalue weighted by atomic mass is 16.3. The highest BCUT2D eigenvalue weighted by Crippen LogP contribution is 2.33. The van der Waals surface area contributed by atoms with Crippen molar-refractivity contribution in [3.05, 3.63) is 60.7 Å². The van der Waals surface area contributed by atoms with Gasteiger partial charge in [0, 0.05) is 7.11 Å². The molecule has 4 aromatic carbocycles. The first-order valence-electron chi connectivity index (χ1n) is 6.50. The topological polar surface area (TPSA) is 57.5 Å². The third-order valence-corrected chi connectivity index (χ3v) is 3.39. The van der Waals surface area contributed by atoms with E-state index >= 15 is 0 Å². The molecule has 4 rings (SSSR count). The molecule has 0 radical (unpaired) electrons. The third kappa shape index (κ3) is 2.64. The lowest BCUT2D eigenvalue weighted by Crippen LogP contribution is -1.82. The summed E-state index contributed by atoms with van der Waals surface area (Å²) in [7, 11) is 1.00. The molecule has 0 amide bonds. The van der Waals surface area contributed by atoms with E-state index in [0.717, 1.165) is 7.11 Å². The monoisotopic (exact) mass is 280 g/mol.